The number of ether oxygens (including phenoxy) is 1. The summed E-state index contributed by atoms with van der Waals surface area (Å²) >= 11 is 0. The third-order valence-corrected chi connectivity index (χ3v) is 3.63. The molecule has 1 atom stereocenters. The summed E-state index contributed by atoms with van der Waals surface area (Å²) < 4.78 is 5.12. The van der Waals surface area contributed by atoms with E-state index in [4.69, 9.17) is 10.5 Å². The van der Waals surface area contributed by atoms with Gasteiger partial charge in [-0.2, -0.15) is 0 Å². The summed E-state index contributed by atoms with van der Waals surface area (Å²) in [4.78, 5) is 10.5. The lowest BCUT2D eigenvalue weighted by molar-refractivity contribution is -0.385. The second-order valence-electron chi connectivity index (χ2n) is 5.35. The van der Waals surface area contributed by atoms with Crippen molar-refractivity contribution in [3.63, 3.8) is 0 Å². The number of nitro benzene ring substituents is 1. The van der Waals surface area contributed by atoms with Gasteiger partial charge in [0, 0.05) is 18.2 Å². The topological polar surface area (TPSA) is 78.4 Å². The van der Waals surface area contributed by atoms with Gasteiger partial charge in [0.1, 0.15) is 5.75 Å². The molecule has 22 heavy (non-hydrogen) atoms. The molecule has 2 rings (SSSR count). The van der Waals surface area contributed by atoms with Crippen LogP contribution in [0.1, 0.15) is 29.2 Å². The Morgan fingerprint density at radius 1 is 1.23 bits per heavy atom. The fourth-order valence-corrected chi connectivity index (χ4v) is 2.39. The van der Waals surface area contributed by atoms with E-state index in [-0.39, 0.29) is 16.7 Å². The van der Waals surface area contributed by atoms with Gasteiger partial charge >= 0.3 is 0 Å². The van der Waals surface area contributed by atoms with Crippen LogP contribution in [0, 0.1) is 17.0 Å². The van der Waals surface area contributed by atoms with Gasteiger partial charge in [-0.3, -0.25) is 10.1 Å². The highest BCUT2D eigenvalue weighted by molar-refractivity contribution is 5.40. The molecule has 0 aliphatic carbocycles. The molecule has 5 heteroatoms. The Morgan fingerprint density at radius 2 is 1.91 bits per heavy atom. The fraction of sp³-hybridized carbons (Fsp3) is 0.294. The van der Waals surface area contributed by atoms with Gasteiger partial charge in [-0.05, 0) is 48.6 Å². The van der Waals surface area contributed by atoms with Gasteiger partial charge in [0.05, 0.1) is 12.0 Å². The van der Waals surface area contributed by atoms with Gasteiger partial charge in [-0.25, -0.2) is 0 Å². The van der Waals surface area contributed by atoms with Gasteiger partial charge in [0.25, 0.3) is 5.69 Å². The van der Waals surface area contributed by atoms with Gasteiger partial charge < -0.3 is 10.5 Å². The number of nitro groups is 1. The number of aryl methyl sites for hydroxylation is 2. The highest BCUT2D eigenvalue weighted by atomic mass is 16.6. The predicted molar refractivity (Wildman–Crippen MR) is 86.1 cm³/mol. The minimum absolute atomic E-state index is 0.0925. The van der Waals surface area contributed by atoms with Crippen LogP contribution in [0.4, 0.5) is 5.69 Å². The monoisotopic (exact) mass is 300 g/mol. The fourth-order valence-electron chi connectivity index (χ4n) is 2.39. The van der Waals surface area contributed by atoms with E-state index < -0.39 is 0 Å². The zero-order valence-electron chi connectivity index (χ0n) is 12.8. The van der Waals surface area contributed by atoms with E-state index in [9.17, 15) is 10.1 Å². The Kier molecular flexibility index (Phi) is 5.12. The third-order valence-electron chi connectivity index (χ3n) is 3.63. The van der Waals surface area contributed by atoms with Crippen LogP contribution >= 0.6 is 0 Å². The number of hydrogen-bond acceptors (Lipinski definition) is 4. The largest absolute Gasteiger partial charge is 0.497 e. The Hall–Kier alpha value is -2.40. The molecule has 1 unspecified atom stereocenters. The van der Waals surface area contributed by atoms with Crippen LogP contribution < -0.4 is 10.5 Å². The number of nitrogens with two attached hydrogens (primary N) is 1. The Morgan fingerprint density at radius 3 is 2.50 bits per heavy atom. The molecule has 0 radical (unpaired) electrons. The Balaban J connectivity index is 2.05. The lowest BCUT2D eigenvalue weighted by Gasteiger charge is -2.13. The van der Waals surface area contributed by atoms with Crippen LogP contribution in [0.25, 0.3) is 0 Å². The van der Waals surface area contributed by atoms with E-state index in [0.717, 1.165) is 29.7 Å². The average Bonchev–Trinajstić information content (AvgIpc) is 2.52. The lowest BCUT2D eigenvalue weighted by Crippen LogP contribution is -2.12. The molecule has 5 nitrogen and oxygen atoms in total. The zero-order chi connectivity index (χ0) is 16.1. The van der Waals surface area contributed by atoms with Crippen LogP contribution in [-0.4, -0.2) is 12.0 Å². The summed E-state index contributed by atoms with van der Waals surface area (Å²) in [7, 11) is 1.63. The van der Waals surface area contributed by atoms with Crippen LogP contribution in [0.3, 0.4) is 0 Å². The minimum atomic E-state index is -0.382. The summed E-state index contributed by atoms with van der Waals surface area (Å²) in [6, 6.07) is 12.6. The Labute approximate surface area is 129 Å². The predicted octanol–water partition coefficient (Wildman–Crippen LogP) is 3.54. The lowest BCUT2D eigenvalue weighted by atomic mass is 9.98. The second-order valence-corrected chi connectivity index (χ2v) is 5.35. The maximum Gasteiger partial charge on any atom is 0.270 e. The number of non-ortho nitro benzene ring substituents is 1. The molecule has 0 spiro atoms. The smallest absolute Gasteiger partial charge is 0.270 e. The standard InChI is InChI=1S/C17H20N2O3/c1-12-9-14(11-15(10-12)19(20)21)17(18)8-5-13-3-6-16(22-2)7-4-13/h3-4,6-7,9-11,17H,5,8,18H2,1-2H3. The molecule has 0 fully saturated rings. The molecule has 0 bridgehead atoms. The van der Waals surface area contributed by atoms with Crippen molar-refractivity contribution in [2.75, 3.05) is 7.11 Å². The summed E-state index contributed by atoms with van der Waals surface area (Å²) in [5.74, 6) is 0.822. The number of benzene rings is 2. The molecule has 0 saturated heterocycles. The maximum atomic E-state index is 10.9. The maximum absolute atomic E-state index is 10.9. The van der Waals surface area contributed by atoms with Gasteiger partial charge in [-0.15, -0.1) is 0 Å². The molecule has 116 valence electrons. The number of nitrogens with zero attached hydrogens (tertiary/aromatic N) is 1. The zero-order valence-corrected chi connectivity index (χ0v) is 12.8. The summed E-state index contributed by atoms with van der Waals surface area (Å²) in [5.41, 5.74) is 9.10. The van der Waals surface area contributed by atoms with Crippen molar-refractivity contribution in [1.29, 1.82) is 0 Å². The highest BCUT2D eigenvalue weighted by Crippen LogP contribution is 2.24. The molecule has 0 aromatic heterocycles. The number of hydrogen-bond donors (Lipinski definition) is 1. The number of methoxy groups -OCH3 is 1. The molecule has 0 heterocycles. The normalized spacial score (nSPS) is 12.0. The average molecular weight is 300 g/mol. The molecular weight excluding hydrogens is 280 g/mol. The van der Waals surface area contributed by atoms with Crippen molar-refractivity contribution in [2.45, 2.75) is 25.8 Å². The SMILES string of the molecule is COc1ccc(CCC(N)c2cc(C)cc([N+](=O)[O-])c2)cc1. The van der Waals surface area contributed by atoms with Crippen molar-refractivity contribution in [3.05, 3.63) is 69.3 Å². The van der Waals surface area contributed by atoms with Crippen molar-refractivity contribution >= 4 is 5.69 Å². The third kappa shape index (κ3) is 4.05. The van der Waals surface area contributed by atoms with Crippen LogP contribution in [0.15, 0.2) is 42.5 Å². The van der Waals surface area contributed by atoms with E-state index >= 15 is 0 Å². The van der Waals surface area contributed by atoms with Crippen molar-refractivity contribution < 1.29 is 9.66 Å². The van der Waals surface area contributed by atoms with Crippen molar-refractivity contribution in [2.24, 2.45) is 5.73 Å². The summed E-state index contributed by atoms with van der Waals surface area (Å²) in [5, 5.41) is 10.9. The minimum Gasteiger partial charge on any atom is -0.497 e. The molecule has 0 amide bonds. The summed E-state index contributed by atoms with van der Waals surface area (Å²) in [6.07, 6.45) is 1.54. The van der Waals surface area contributed by atoms with Crippen LogP contribution in [-0.2, 0) is 6.42 Å². The molecule has 2 N–H and O–H groups in total. The van der Waals surface area contributed by atoms with Crippen LogP contribution in [0.2, 0.25) is 0 Å². The van der Waals surface area contributed by atoms with Gasteiger partial charge in [-0.1, -0.05) is 18.2 Å². The van der Waals surface area contributed by atoms with E-state index in [2.05, 4.69) is 0 Å². The molecule has 2 aromatic carbocycles. The first-order valence-electron chi connectivity index (χ1n) is 7.14. The quantitative estimate of drug-likeness (QED) is 0.653. The van der Waals surface area contributed by atoms with Crippen molar-refractivity contribution in [3.8, 4) is 5.75 Å². The first-order chi connectivity index (χ1) is 10.5. The van der Waals surface area contributed by atoms with E-state index in [1.165, 1.54) is 5.56 Å². The second kappa shape index (κ2) is 7.04. The van der Waals surface area contributed by atoms with E-state index in [1.807, 2.05) is 37.3 Å². The molecule has 0 saturated carbocycles. The van der Waals surface area contributed by atoms with Crippen molar-refractivity contribution in [1.82, 2.24) is 0 Å². The molecular formula is C17H20N2O3. The van der Waals surface area contributed by atoms with Crippen LogP contribution in [0.5, 0.6) is 5.75 Å². The van der Waals surface area contributed by atoms with Gasteiger partial charge in [0.15, 0.2) is 0 Å². The molecule has 0 aliphatic heterocycles. The van der Waals surface area contributed by atoms with E-state index in [1.54, 1.807) is 19.2 Å². The van der Waals surface area contributed by atoms with E-state index in [0.29, 0.717) is 0 Å². The summed E-state index contributed by atoms with van der Waals surface area (Å²) in [6.45, 7) is 1.84. The Bertz CT molecular complexity index is 653. The highest BCUT2D eigenvalue weighted by Gasteiger charge is 2.13. The van der Waals surface area contributed by atoms with Gasteiger partial charge in [0.2, 0.25) is 0 Å². The molecule has 0 aliphatic rings. The first-order valence-corrected chi connectivity index (χ1v) is 7.14. The first kappa shape index (κ1) is 16.0. The number of rotatable bonds is 6. The molecule has 2 aromatic rings.